The van der Waals surface area contributed by atoms with Crippen molar-refractivity contribution < 1.29 is 4.79 Å². The Bertz CT molecular complexity index is 279. The fraction of sp³-hybridized carbons (Fsp3) is 0.375. The summed E-state index contributed by atoms with van der Waals surface area (Å²) in [6.45, 7) is 1.48. The summed E-state index contributed by atoms with van der Waals surface area (Å²) in [5.41, 5.74) is 7.15. The number of nitrogens with two attached hydrogens (primary N) is 1. The molecule has 0 radical (unpaired) electrons. The maximum atomic E-state index is 10.7. The lowest BCUT2D eigenvalue weighted by molar-refractivity contribution is -0.118. The van der Waals surface area contributed by atoms with Crippen molar-refractivity contribution >= 4 is 15.9 Å². The van der Waals surface area contributed by atoms with Gasteiger partial charge >= 0.3 is 0 Å². The van der Waals surface area contributed by atoms with Gasteiger partial charge < -0.3 is 11.1 Å². The highest BCUT2D eigenvalue weighted by atomic mass is 32.3. The Morgan fingerprint density at radius 3 is 2.42 bits per heavy atom. The first kappa shape index (κ1) is 9.19. The van der Waals surface area contributed by atoms with Gasteiger partial charge in [-0.15, -0.1) is 0 Å². The molecule has 0 bridgehead atoms. The summed E-state index contributed by atoms with van der Waals surface area (Å²) in [5, 5.41) is 6.74. The zero-order valence-corrected chi connectivity index (χ0v) is 8.37. The van der Waals surface area contributed by atoms with E-state index in [0.29, 0.717) is 5.70 Å². The number of hydrogen-bond acceptors (Lipinski definition) is 2. The number of carbonyl (C=O) groups excluding carboxylic acids is 1. The van der Waals surface area contributed by atoms with Crippen LogP contribution in [0, 0.1) is 0 Å². The zero-order chi connectivity index (χ0) is 9.35. The molecule has 1 aliphatic heterocycles. The Kier molecular flexibility index (Phi) is 2.19. The predicted molar refractivity (Wildman–Crippen MR) is 53.6 cm³/mol. The van der Waals surface area contributed by atoms with Crippen LogP contribution in [0.25, 0.3) is 0 Å². The third-order valence-corrected chi connectivity index (χ3v) is 3.18. The Morgan fingerprint density at radius 1 is 1.50 bits per heavy atom. The maximum Gasteiger partial charge on any atom is 0.221 e. The molecule has 0 atom stereocenters. The normalized spacial score (nSPS) is 22.6. The van der Waals surface area contributed by atoms with Gasteiger partial charge in [0.05, 0.1) is 11.4 Å². The Balaban J connectivity index is 2.82. The van der Waals surface area contributed by atoms with Crippen LogP contribution in [0.5, 0.6) is 0 Å². The van der Waals surface area contributed by atoms with Crippen molar-refractivity contribution in [3.63, 3.8) is 0 Å². The standard InChI is InChI=1S/C8H14N2OS/c1-6(11)10-8-5-12(2,3)4-7(8)9/h4-5H,9H2,1-3H3,(H,10,11). The van der Waals surface area contributed by atoms with E-state index in [1.54, 1.807) is 0 Å². The summed E-state index contributed by atoms with van der Waals surface area (Å²) >= 11 is 0. The lowest BCUT2D eigenvalue weighted by Crippen LogP contribution is -2.21. The molecule has 3 nitrogen and oxygen atoms in total. The van der Waals surface area contributed by atoms with Gasteiger partial charge in [-0.2, -0.15) is 0 Å². The van der Waals surface area contributed by atoms with Gasteiger partial charge in [0.15, 0.2) is 0 Å². The van der Waals surface area contributed by atoms with E-state index >= 15 is 0 Å². The van der Waals surface area contributed by atoms with Gasteiger partial charge in [0.1, 0.15) is 0 Å². The van der Waals surface area contributed by atoms with Crippen LogP contribution < -0.4 is 11.1 Å². The summed E-state index contributed by atoms with van der Waals surface area (Å²) in [6, 6.07) is 0. The molecule has 0 aromatic heterocycles. The third-order valence-electron chi connectivity index (χ3n) is 1.47. The summed E-state index contributed by atoms with van der Waals surface area (Å²) in [4.78, 5) is 10.7. The van der Waals surface area contributed by atoms with E-state index in [4.69, 9.17) is 5.73 Å². The van der Waals surface area contributed by atoms with Gasteiger partial charge in [0.2, 0.25) is 5.91 Å². The SMILES string of the molecule is CC(=O)NC1=CS(C)(C)C=C1N. The second kappa shape index (κ2) is 2.86. The number of amides is 1. The van der Waals surface area contributed by atoms with Crippen molar-refractivity contribution in [2.45, 2.75) is 6.92 Å². The second-order valence-corrected chi connectivity index (χ2v) is 6.72. The first-order valence-corrected chi connectivity index (χ1v) is 6.18. The monoisotopic (exact) mass is 186 g/mol. The van der Waals surface area contributed by atoms with E-state index in [2.05, 4.69) is 17.8 Å². The molecule has 1 heterocycles. The van der Waals surface area contributed by atoms with Crippen LogP contribution >= 0.6 is 10.0 Å². The fourth-order valence-corrected chi connectivity index (χ4v) is 2.74. The highest BCUT2D eigenvalue weighted by Gasteiger charge is 2.17. The first-order chi connectivity index (χ1) is 5.41. The Hall–Kier alpha value is -0.900. The minimum atomic E-state index is -0.854. The van der Waals surface area contributed by atoms with E-state index in [0.717, 1.165) is 5.70 Å². The quantitative estimate of drug-likeness (QED) is 0.637. The van der Waals surface area contributed by atoms with E-state index in [1.807, 2.05) is 10.8 Å². The summed E-state index contributed by atoms with van der Waals surface area (Å²) in [5.74, 6) is -0.0744. The Morgan fingerprint density at radius 2 is 2.08 bits per heavy atom. The molecule has 0 aliphatic carbocycles. The third kappa shape index (κ3) is 2.04. The molecule has 12 heavy (non-hydrogen) atoms. The Labute approximate surface area is 74.0 Å². The van der Waals surface area contributed by atoms with Crippen molar-refractivity contribution in [3.8, 4) is 0 Å². The largest absolute Gasteiger partial charge is 0.397 e. The highest BCUT2D eigenvalue weighted by molar-refractivity contribution is 8.37. The molecule has 1 aliphatic rings. The minimum absolute atomic E-state index is 0.0744. The van der Waals surface area contributed by atoms with Crippen LogP contribution in [0.3, 0.4) is 0 Å². The molecule has 0 saturated heterocycles. The van der Waals surface area contributed by atoms with E-state index in [9.17, 15) is 4.79 Å². The number of rotatable bonds is 1. The smallest absolute Gasteiger partial charge is 0.221 e. The van der Waals surface area contributed by atoms with E-state index in [-0.39, 0.29) is 5.91 Å². The minimum Gasteiger partial charge on any atom is -0.397 e. The van der Waals surface area contributed by atoms with Crippen LogP contribution in [0.15, 0.2) is 22.2 Å². The zero-order valence-electron chi connectivity index (χ0n) is 7.55. The van der Waals surface area contributed by atoms with Crippen LogP contribution in [-0.4, -0.2) is 18.4 Å². The lowest BCUT2D eigenvalue weighted by atomic mass is 10.4. The van der Waals surface area contributed by atoms with Gasteiger partial charge in [-0.25, -0.2) is 10.0 Å². The molecule has 0 aromatic rings. The molecule has 4 heteroatoms. The van der Waals surface area contributed by atoms with Crippen LogP contribution in [0.4, 0.5) is 0 Å². The van der Waals surface area contributed by atoms with Crippen LogP contribution in [-0.2, 0) is 4.79 Å². The molecule has 0 unspecified atom stereocenters. The van der Waals surface area contributed by atoms with Gasteiger partial charge in [0, 0.05) is 6.92 Å². The molecule has 1 rings (SSSR count). The lowest BCUT2D eigenvalue weighted by Gasteiger charge is -2.16. The summed E-state index contributed by atoms with van der Waals surface area (Å²) in [7, 11) is -0.854. The number of hydrogen-bond donors (Lipinski definition) is 2. The summed E-state index contributed by atoms with van der Waals surface area (Å²) in [6.07, 6.45) is 4.24. The average Bonchev–Trinajstić information content (AvgIpc) is 2.03. The van der Waals surface area contributed by atoms with Crippen molar-refractivity contribution in [1.29, 1.82) is 0 Å². The van der Waals surface area contributed by atoms with Gasteiger partial charge in [-0.05, 0) is 23.3 Å². The van der Waals surface area contributed by atoms with Crippen molar-refractivity contribution in [2.24, 2.45) is 5.73 Å². The molecule has 68 valence electrons. The second-order valence-electron chi connectivity index (χ2n) is 3.27. The molecule has 0 aromatic carbocycles. The van der Waals surface area contributed by atoms with Crippen LogP contribution in [0.1, 0.15) is 6.92 Å². The van der Waals surface area contributed by atoms with E-state index in [1.165, 1.54) is 6.92 Å². The molecule has 1 amide bonds. The highest BCUT2D eigenvalue weighted by Crippen LogP contribution is 2.49. The van der Waals surface area contributed by atoms with Crippen LogP contribution in [0.2, 0.25) is 0 Å². The summed E-state index contributed by atoms with van der Waals surface area (Å²) < 4.78 is 0. The maximum absolute atomic E-state index is 10.7. The number of carbonyl (C=O) groups is 1. The molecule has 0 fully saturated rings. The molecular weight excluding hydrogens is 172 g/mol. The number of nitrogens with one attached hydrogen (secondary N) is 1. The van der Waals surface area contributed by atoms with Crippen molar-refractivity contribution in [1.82, 2.24) is 5.32 Å². The topological polar surface area (TPSA) is 55.1 Å². The average molecular weight is 186 g/mol. The van der Waals surface area contributed by atoms with Gasteiger partial charge in [-0.3, -0.25) is 4.79 Å². The molecule has 0 spiro atoms. The molecular formula is C8H14N2OS. The van der Waals surface area contributed by atoms with Gasteiger partial charge in [-0.1, -0.05) is 0 Å². The molecule has 0 saturated carbocycles. The van der Waals surface area contributed by atoms with E-state index < -0.39 is 10.0 Å². The van der Waals surface area contributed by atoms with Gasteiger partial charge in [0.25, 0.3) is 0 Å². The van der Waals surface area contributed by atoms with Crippen molar-refractivity contribution in [2.75, 3.05) is 12.5 Å². The van der Waals surface area contributed by atoms with Crippen molar-refractivity contribution in [3.05, 3.63) is 22.2 Å². The fourth-order valence-electron chi connectivity index (χ4n) is 1.09. The first-order valence-electron chi connectivity index (χ1n) is 3.61. The predicted octanol–water partition coefficient (Wildman–Crippen LogP) is 0.842. The molecule has 3 N–H and O–H groups in total.